The van der Waals surface area contributed by atoms with Crippen molar-refractivity contribution < 1.29 is 0 Å². The molecule has 2 aliphatic heterocycles. The van der Waals surface area contributed by atoms with Crippen molar-refractivity contribution in [2.75, 3.05) is 0 Å². The van der Waals surface area contributed by atoms with E-state index >= 15 is 0 Å². The zero-order valence-electron chi connectivity index (χ0n) is 9.77. The van der Waals surface area contributed by atoms with Gasteiger partial charge >= 0.3 is 105 Å². The molecule has 2 heterocycles. The summed E-state index contributed by atoms with van der Waals surface area (Å²) in [5.41, 5.74) is 1.07. The third kappa shape index (κ3) is 2.24. The SMILES string of the molecule is c1ccc([Se]B2C3CCCC2CCC3)cc1. The molecule has 0 aromatic heterocycles. The number of hydrogen-bond acceptors (Lipinski definition) is 0. The first-order chi connectivity index (χ1) is 7.93. The molecule has 2 aliphatic rings. The van der Waals surface area contributed by atoms with Gasteiger partial charge in [0.05, 0.1) is 0 Å². The summed E-state index contributed by atoms with van der Waals surface area (Å²) in [4.78, 5) is 0. The maximum absolute atomic E-state index is 2.34. The fourth-order valence-corrected chi connectivity index (χ4v) is 6.73. The summed E-state index contributed by atoms with van der Waals surface area (Å²) in [5.74, 6) is 2.15. The Morgan fingerprint density at radius 3 is 2.00 bits per heavy atom. The van der Waals surface area contributed by atoms with Gasteiger partial charge in [-0.3, -0.25) is 0 Å². The third-order valence-electron chi connectivity index (χ3n) is 4.24. The van der Waals surface area contributed by atoms with Crippen LogP contribution in [0, 0.1) is 0 Å². The van der Waals surface area contributed by atoms with Crippen LogP contribution >= 0.6 is 0 Å². The van der Waals surface area contributed by atoms with Crippen LogP contribution in [0.15, 0.2) is 30.3 Å². The molecule has 0 nitrogen and oxygen atoms in total. The Kier molecular flexibility index (Phi) is 3.40. The minimum absolute atomic E-state index is 0.734. The number of benzene rings is 1. The van der Waals surface area contributed by atoms with Gasteiger partial charge in [0.25, 0.3) is 0 Å². The van der Waals surface area contributed by atoms with Crippen molar-refractivity contribution in [3.8, 4) is 0 Å². The number of rotatable bonds is 2. The van der Waals surface area contributed by atoms with E-state index in [-0.39, 0.29) is 0 Å². The quantitative estimate of drug-likeness (QED) is 0.729. The Balaban J connectivity index is 1.74. The fraction of sp³-hybridized carbons (Fsp3) is 0.571. The molecule has 2 heteroatoms. The van der Waals surface area contributed by atoms with Crippen LogP contribution < -0.4 is 4.46 Å². The molecule has 0 spiro atoms. The molecule has 0 unspecified atom stereocenters. The molecule has 1 aromatic rings. The Morgan fingerprint density at radius 2 is 1.44 bits per heavy atom. The van der Waals surface area contributed by atoms with Crippen molar-refractivity contribution in [1.82, 2.24) is 0 Å². The topological polar surface area (TPSA) is 0 Å². The van der Waals surface area contributed by atoms with Crippen molar-refractivity contribution in [2.24, 2.45) is 0 Å². The van der Waals surface area contributed by atoms with E-state index in [9.17, 15) is 0 Å². The van der Waals surface area contributed by atoms with Crippen LogP contribution in [0.2, 0.25) is 11.6 Å². The van der Waals surface area contributed by atoms with Gasteiger partial charge in [-0.2, -0.15) is 0 Å². The van der Waals surface area contributed by atoms with Gasteiger partial charge in [0.2, 0.25) is 0 Å². The molecular formula is C14H19BSe. The normalized spacial score (nSPS) is 29.1. The van der Waals surface area contributed by atoms with Gasteiger partial charge < -0.3 is 0 Å². The second-order valence-electron chi connectivity index (χ2n) is 5.28. The van der Waals surface area contributed by atoms with Gasteiger partial charge in [-0.05, 0) is 0 Å². The summed E-state index contributed by atoms with van der Waals surface area (Å²) < 4.78 is 1.62. The zero-order chi connectivity index (χ0) is 10.8. The molecule has 2 fully saturated rings. The van der Waals surface area contributed by atoms with Crippen molar-refractivity contribution in [2.45, 2.75) is 50.2 Å². The van der Waals surface area contributed by atoms with Crippen LogP contribution in [0.3, 0.4) is 0 Å². The molecule has 0 atom stereocenters. The van der Waals surface area contributed by atoms with Crippen LogP contribution in [0.25, 0.3) is 0 Å². The summed E-state index contributed by atoms with van der Waals surface area (Å²) in [6, 6.07) is 11.2. The Hall–Kier alpha value is -0.196. The number of fused-ring (bicyclic) bond motifs is 2. The maximum atomic E-state index is 2.34. The first-order valence-corrected chi connectivity index (χ1v) is 8.50. The predicted molar refractivity (Wildman–Crippen MR) is 72.8 cm³/mol. The Morgan fingerprint density at radius 1 is 0.875 bits per heavy atom. The van der Waals surface area contributed by atoms with Crippen LogP contribution in [-0.2, 0) is 0 Å². The minimum atomic E-state index is 0.734. The van der Waals surface area contributed by atoms with E-state index in [0.717, 1.165) is 31.9 Å². The molecule has 0 N–H and O–H groups in total. The van der Waals surface area contributed by atoms with Gasteiger partial charge in [-0.1, -0.05) is 0 Å². The van der Waals surface area contributed by atoms with Crippen molar-refractivity contribution in [3.63, 3.8) is 0 Å². The van der Waals surface area contributed by atoms with E-state index in [1.807, 2.05) is 0 Å². The first kappa shape index (κ1) is 10.9. The van der Waals surface area contributed by atoms with Crippen LogP contribution in [0.1, 0.15) is 38.5 Å². The molecule has 0 aliphatic carbocycles. The molecule has 84 valence electrons. The van der Waals surface area contributed by atoms with E-state index in [0.29, 0.717) is 0 Å². The molecule has 0 amide bonds. The second-order valence-corrected chi connectivity index (χ2v) is 7.90. The predicted octanol–water partition coefficient (Wildman–Crippen LogP) is 3.12. The van der Waals surface area contributed by atoms with E-state index in [2.05, 4.69) is 30.3 Å². The van der Waals surface area contributed by atoms with Crippen molar-refractivity contribution in [1.29, 1.82) is 0 Å². The third-order valence-corrected chi connectivity index (χ3v) is 7.57. The number of hydrogen-bond donors (Lipinski definition) is 0. The van der Waals surface area contributed by atoms with Crippen LogP contribution in [0.4, 0.5) is 0 Å². The van der Waals surface area contributed by atoms with Gasteiger partial charge in [0.15, 0.2) is 0 Å². The first-order valence-electron chi connectivity index (χ1n) is 6.65. The second kappa shape index (κ2) is 4.98. The van der Waals surface area contributed by atoms with Gasteiger partial charge in [-0.25, -0.2) is 0 Å². The summed E-state index contributed by atoms with van der Waals surface area (Å²) in [6.07, 6.45) is 9.12. The summed E-state index contributed by atoms with van der Waals surface area (Å²) >= 11 is 0.734. The van der Waals surface area contributed by atoms with Gasteiger partial charge in [-0.15, -0.1) is 0 Å². The van der Waals surface area contributed by atoms with Crippen molar-refractivity contribution in [3.05, 3.63) is 30.3 Å². The van der Waals surface area contributed by atoms with E-state index < -0.39 is 0 Å². The summed E-state index contributed by atoms with van der Waals surface area (Å²) in [5, 5.41) is 0. The van der Waals surface area contributed by atoms with Crippen molar-refractivity contribution >= 4 is 24.8 Å². The molecule has 2 bridgehead atoms. The summed E-state index contributed by atoms with van der Waals surface area (Å²) in [6.45, 7) is 0. The molecule has 0 radical (unpaired) electrons. The van der Waals surface area contributed by atoms with E-state index in [1.54, 1.807) is 4.46 Å². The average Bonchev–Trinajstić information content (AvgIpc) is 2.30. The molecule has 3 rings (SSSR count). The Labute approximate surface area is 105 Å². The molecule has 16 heavy (non-hydrogen) atoms. The molecule has 2 saturated heterocycles. The molecule has 1 aromatic carbocycles. The monoisotopic (exact) mass is 278 g/mol. The Bertz CT molecular complexity index is 316. The molecular weight excluding hydrogens is 258 g/mol. The van der Waals surface area contributed by atoms with Crippen LogP contribution in [0.5, 0.6) is 0 Å². The fourth-order valence-electron chi connectivity index (χ4n) is 3.46. The zero-order valence-corrected chi connectivity index (χ0v) is 11.5. The molecule has 0 saturated carbocycles. The van der Waals surface area contributed by atoms with E-state index in [4.69, 9.17) is 0 Å². The average molecular weight is 277 g/mol. The standard InChI is InChI=1S/C14H19BSe/c1-2-10-14(11-3-1)16-15-12-6-4-7-13(15)9-5-8-12/h1-3,10-13H,4-9H2. The van der Waals surface area contributed by atoms with E-state index in [1.165, 1.54) is 38.5 Å². The summed E-state index contributed by atoms with van der Waals surface area (Å²) in [7, 11) is 0. The van der Waals surface area contributed by atoms with Crippen LogP contribution in [-0.4, -0.2) is 20.3 Å². The van der Waals surface area contributed by atoms with Gasteiger partial charge in [0.1, 0.15) is 0 Å². The van der Waals surface area contributed by atoms with Gasteiger partial charge in [0, 0.05) is 0 Å².